The standard InChI is InChI=1S/C17H25NO.C8H7NO3.C2H6/c1-4-5-14-8-11(2)15-9-13(18-3)10-16(12-6-7-12)17(15)19-14;10-5-9-7-3-1-6(2-4-7)8(11)12;1-2/h9-12,14,18H,4-8H2,1-3H3;1-5H,(H,9,10)(H,11,12);1-2H3. The minimum absolute atomic E-state index is 0.200. The molecule has 1 heterocycles. The molecule has 0 saturated heterocycles. The first-order valence-corrected chi connectivity index (χ1v) is 12.0. The lowest BCUT2D eigenvalue weighted by molar-refractivity contribution is -0.105. The average molecular weight is 455 g/mol. The Hall–Kier alpha value is -3.02. The van der Waals surface area contributed by atoms with Crippen molar-refractivity contribution in [3.8, 4) is 5.75 Å². The van der Waals surface area contributed by atoms with Crippen molar-refractivity contribution in [1.29, 1.82) is 0 Å². The Morgan fingerprint density at radius 2 is 1.76 bits per heavy atom. The van der Waals surface area contributed by atoms with Crippen molar-refractivity contribution in [2.75, 3.05) is 17.7 Å². The molecule has 2 aromatic rings. The van der Waals surface area contributed by atoms with Crippen LogP contribution in [-0.4, -0.2) is 30.6 Å². The first-order valence-electron chi connectivity index (χ1n) is 12.0. The third kappa shape index (κ3) is 7.24. The number of carbonyl (C=O) groups excluding carboxylic acids is 1. The first kappa shape index (κ1) is 26.2. The lowest BCUT2D eigenvalue weighted by Crippen LogP contribution is -2.25. The van der Waals surface area contributed by atoms with Crippen LogP contribution in [0, 0.1) is 0 Å². The van der Waals surface area contributed by atoms with E-state index in [2.05, 4.69) is 36.6 Å². The number of aromatic carboxylic acids is 1. The number of fused-ring (bicyclic) bond motifs is 1. The van der Waals surface area contributed by atoms with Crippen LogP contribution in [0.5, 0.6) is 5.75 Å². The van der Waals surface area contributed by atoms with Gasteiger partial charge in [0.15, 0.2) is 0 Å². The Balaban J connectivity index is 0.000000238. The molecule has 4 rings (SSSR count). The smallest absolute Gasteiger partial charge is 0.335 e. The number of amides is 1. The van der Waals surface area contributed by atoms with Gasteiger partial charge in [-0.1, -0.05) is 34.1 Å². The lowest BCUT2D eigenvalue weighted by Gasteiger charge is -2.32. The van der Waals surface area contributed by atoms with Crippen LogP contribution in [0.25, 0.3) is 0 Å². The van der Waals surface area contributed by atoms with E-state index >= 15 is 0 Å². The largest absolute Gasteiger partial charge is 0.490 e. The van der Waals surface area contributed by atoms with Crippen LogP contribution in [0.3, 0.4) is 0 Å². The molecule has 1 aliphatic heterocycles. The van der Waals surface area contributed by atoms with Gasteiger partial charge in [0, 0.05) is 18.4 Å². The number of carboxylic acid groups (broad SMARTS) is 1. The van der Waals surface area contributed by atoms with E-state index in [1.165, 1.54) is 72.5 Å². The van der Waals surface area contributed by atoms with Gasteiger partial charge in [0.25, 0.3) is 0 Å². The van der Waals surface area contributed by atoms with Crippen LogP contribution in [0.15, 0.2) is 36.4 Å². The number of anilines is 2. The summed E-state index contributed by atoms with van der Waals surface area (Å²) in [6.07, 6.45) is 7.17. The van der Waals surface area contributed by atoms with E-state index in [1.807, 2.05) is 20.9 Å². The molecule has 6 heteroatoms. The molecule has 3 N–H and O–H groups in total. The van der Waals surface area contributed by atoms with E-state index in [0.717, 1.165) is 12.3 Å². The molecule has 1 fully saturated rings. The van der Waals surface area contributed by atoms with E-state index in [-0.39, 0.29) is 5.56 Å². The van der Waals surface area contributed by atoms with Crippen molar-refractivity contribution in [3.05, 3.63) is 53.1 Å². The summed E-state index contributed by atoms with van der Waals surface area (Å²) < 4.78 is 6.35. The van der Waals surface area contributed by atoms with Gasteiger partial charge in [0.2, 0.25) is 6.41 Å². The average Bonchev–Trinajstić information content (AvgIpc) is 3.67. The molecule has 0 spiro atoms. The third-order valence-electron chi connectivity index (χ3n) is 5.85. The summed E-state index contributed by atoms with van der Waals surface area (Å²) in [6.45, 7) is 8.59. The molecule has 2 aromatic carbocycles. The van der Waals surface area contributed by atoms with E-state index < -0.39 is 5.97 Å². The van der Waals surface area contributed by atoms with Gasteiger partial charge in [-0.3, -0.25) is 4.79 Å². The fourth-order valence-corrected chi connectivity index (χ4v) is 4.03. The van der Waals surface area contributed by atoms with E-state index in [4.69, 9.17) is 9.84 Å². The summed E-state index contributed by atoms with van der Waals surface area (Å²) in [4.78, 5) is 20.3. The van der Waals surface area contributed by atoms with Crippen LogP contribution in [0.4, 0.5) is 11.4 Å². The van der Waals surface area contributed by atoms with Gasteiger partial charge in [0.1, 0.15) is 5.75 Å². The summed E-state index contributed by atoms with van der Waals surface area (Å²) in [5, 5.41) is 14.2. The molecule has 1 amide bonds. The highest BCUT2D eigenvalue weighted by Crippen LogP contribution is 2.50. The number of carbonyl (C=O) groups is 2. The number of nitrogens with one attached hydrogen (secondary N) is 2. The van der Waals surface area contributed by atoms with Gasteiger partial charge >= 0.3 is 5.97 Å². The van der Waals surface area contributed by atoms with E-state index in [1.54, 1.807) is 0 Å². The summed E-state index contributed by atoms with van der Waals surface area (Å²) >= 11 is 0. The SMILES string of the molecule is CC.CCCC1CC(C)c2cc(NC)cc(C3CC3)c2O1.O=CNc1ccc(C(=O)O)cc1. The Morgan fingerprint density at radius 1 is 1.12 bits per heavy atom. The maximum absolute atomic E-state index is 10.4. The zero-order valence-electron chi connectivity index (χ0n) is 20.5. The minimum atomic E-state index is -0.979. The molecular formula is C27H38N2O4. The molecule has 0 bridgehead atoms. The number of hydrogen-bond donors (Lipinski definition) is 3. The van der Waals surface area contributed by atoms with Crippen molar-refractivity contribution in [2.24, 2.45) is 0 Å². The van der Waals surface area contributed by atoms with Gasteiger partial charge in [0.05, 0.1) is 11.7 Å². The molecule has 180 valence electrons. The number of hydrogen-bond acceptors (Lipinski definition) is 4. The molecule has 2 atom stereocenters. The number of ether oxygens (including phenoxy) is 1. The summed E-state index contributed by atoms with van der Waals surface area (Å²) in [6, 6.07) is 10.5. The molecule has 1 saturated carbocycles. The second-order valence-electron chi connectivity index (χ2n) is 8.32. The fourth-order valence-electron chi connectivity index (χ4n) is 4.03. The Kier molecular flexibility index (Phi) is 10.2. The van der Waals surface area contributed by atoms with Gasteiger partial charge in [-0.05, 0) is 85.0 Å². The monoisotopic (exact) mass is 454 g/mol. The molecular weight excluding hydrogens is 416 g/mol. The second-order valence-corrected chi connectivity index (χ2v) is 8.32. The number of benzene rings is 2. The summed E-state index contributed by atoms with van der Waals surface area (Å²) in [5.41, 5.74) is 4.89. The van der Waals surface area contributed by atoms with Gasteiger partial charge < -0.3 is 20.5 Å². The summed E-state index contributed by atoms with van der Waals surface area (Å²) in [7, 11) is 2.01. The van der Waals surface area contributed by atoms with Crippen LogP contribution >= 0.6 is 0 Å². The highest BCUT2D eigenvalue weighted by molar-refractivity contribution is 5.88. The maximum Gasteiger partial charge on any atom is 0.335 e. The minimum Gasteiger partial charge on any atom is -0.490 e. The van der Waals surface area contributed by atoms with Crippen molar-refractivity contribution >= 4 is 23.8 Å². The van der Waals surface area contributed by atoms with Crippen molar-refractivity contribution < 1.29 is 19.4 Å². The van der Waals surface area contributed by atoms with Gasteiger partial charge in [-0.15, -0.1) is 0 Å². The zero-order chi connectivity index (χ0) is 24.4. The highest BCUT2D eigenvalue weighted by Gasteiger charge is 2.33. The van der Waals surface area contributed by atoms with E-state index in [0.29, 0.717) is 24.1 Å². The first-order chi connectivity index (χ1) is 16.0. The zero-order valence-corrected chi connectivity index (χ0v) is 20.5. The molecule has 0 aromatic heterocycles. The predicted molar refractivity (Wildman–Crippen MR) is 135 cm³/mol. The second kappa shape index (κ2) is 12.9. The van der Waals surface area contributed by atoms with E-state index in [9.17, 15) is 9.59 Å². The van der Waals surface area contributed by atoms with Crippen LogP contribution in [0.1, 0.15) is 93.1 Å². The van der Waals surface area contributed by atoms with Crippen molar-refractivity contribution in [3.63, 3.8) is 0 Å². The quantitative estimate of drug-likeness (QED) is 0.408. The predicted octanol–water partition coefficient (Wildman–Crippen LogP) is 6.64. The molecule has 33 heavy (non-hydrogen) atoms. The van der Waals surface area contributed by atoms with Crippen molar-refractivity contribution in [1.82, 2.24) is 0 Å². The van der Waals surface area contributed by atoms with Crippen LogP contribution in [0.2, 0.25) is 0 Å². The van der Waals surface area contributed by atoms with Gasteiger partial charge in [-0.25, -0.2) is 4.79 Å². The normalized spacial score (nSPS) is 18.2. The number of rotatable bonds is 7. The topological polar surface area (TPSA) is 87.7 Å². The lowest BCUT2D eigenvalue weighted by atomic mass is 9.87. The fraction of sp³-hybridized carbons (Fsp3) is 0.481. The molecule has 6 nitrogen and oxygen atoms in total. The molecule has 0 radical (unpaired) electrons. The van der Waals surface area contributed by atoms with Crippen LogP contribution in [-0.2, 0) is 4.79 Å². The third-order valence-corrected chi connectivity index (χ3v) is 5.85. The van der Waals surface area contributed by atoms with Crippen molar-refractivity contribution in [2.45, 2.75) is 77.7 Å². The molecule has 2 aliphatic rings. The number of carboxylic acids is 1. The highest BCUT2D eigenvalue weighted by atomic mass is 16.5. The Morgan fingerprint density at radius 3 is 2.27 bits per heavy atom. The maximum atomic E-state index is 10.4. The van der Waals surface area contributed by atoms with Crippen LogP contribution < -0.4 is 15.4 Å². The molecule has 1 aliphatic carbocycles. The molecule has 2 unspecified atom stereocenters. The Labute approximate surface area is 197 Å². The summed E-state index contributed by atoms with van der Waals surface area (Å²) in [5.74, 6) is 1.60. The Bertz CT molecular complexity index is 890. The van der Waals surface area contributed by atoms with Gasteiger partial charge in [-0.2, -0.15) is 0 Å².